The first-order valence-corrected chi connectivity index (χ1v) is 6.55. The minimum atomic E-state index is -0.238. The summed E-state index contributed by atoms with van der Waals surface area (Å²) in [5, 5.41) is 0. The topological polar surface area (TPSA) is 38.5 Å². The van der Waals surface area contributed by atoms with E-state index in [4.69, 9.17) is 10.5 Å². The van der Waals surface area contributed by atoms with Crippen molar-refractivity contribution in [2.45, 2.75) is 19.9 Å². The third kappa shape index (κ3) is 3.70. The van der Waals surface area contributed by atoms with E-state index in [0.29, 0.717) is 22.4 Å². The summed E-state index contributed by atoms with van der Waals surface area (Å²) in [6, 6.07) is 3.40. The van der Waals surface area contributed by atoms with E-state index >= 15 is 0 Å². The van der Waals surface area contributed by atoms with Crippen LogP contribution in [0.25, 0.3) is 0 Å². The zero-order valence-electron chi connectivity index (χ0n) is 10.3. The van der Waals surface area contributed by atoms with Crippen molar-refractivity contribution in [3.8, 4) is 0 Å². The Hall–Kier alpha value is -0.560. The molecular weight excluding hydrogens is 334 g/mol. The number of nitrogen functional groups attached to an aromatic ring is 1. The fourth-order valence-electron chi connectivity index (χ4n) is 1.65. The van der Waals surface area contributed by atoms with Gasteiger partial charge in [0.05, 0.1) is 21.6 Å². The Morgan fingerprint density at radius 2 is 2.12 bits per heavy atom. The van der Waals surface area contributed by atoms with Crippen LogP contribution in [0.3, 0.4) is 0 Å². The zero-order chi connectivity index (χ0) is 13.0. The fourth-order valence-corrected chi connectivity index (χ4v) is 2.14. The standard InChI is InChI=1S/C12H18FIN2O/c1-8(2)16(4-5-17-3)12-6-9(13)10(14)7-11(12)15/h6-8H,4-5,15H2,1-3H3. The summed E-state index contributed by atoms with van der Waals surface area (Å²) in [7, 11) is 1.65. The monoisotopic (exact) mass is 352 g/mol. The highest BCUT2D eigenvalue weighted by Gasteiger charge is 2.15. The van der Waals surface area contributed by atoms with Crippen LogP contribution in [0.2, 0.25) is 0 Å². The summed E-state index contributed by atoms with van der Waals surface area (Å²) in [6.07, 6.45) is 0. The van der Waals surface area contributed by atoms with Crippen molar-refractivity contribution in [3.05, 3.63) is 21.5 Å². The first-order valence-electron chi connectivity index (χ1n) is 5.47. The number of rotatable bonds is 5. The quantitative estimate of drug-likeness (QED) is 0.654. The maximum atomic E-state index is 13.6. The maximum Gasteiger partial charge on any atom is 0.138 e. The van der Waals surface area contributed by atoms with Gasteiger partial charge >= 0.3 is 0 Å². The molecule has 0 bridgehead atoms. The van der Waals surface area contributed by atoms with Gasteiger partial charge in [0.1, 0.15) is 5.82 Å². The van der Waals surface area contributed by atoms with Crippen molar-refractivity contribution in [2.75, 3.05) is 30.9 Å². The lowest BCUT2D eigenvalue weighted by molar-refractivity contribution is 0.204. The van der Waals surface area contributed by atoms with Crippen LogP contribution in [0.4, 0.5) is 15.8 Å². The van der Waals surface area contributed by atoms with Crippen LogP contribution in [0.1, 0.15) is 13.8 Å². The molecule has 0 saturated heterocycles. The molecule has 2 N–H and O–H groups in total. The average molecular weight is 352 g/mol. The molecule has 1 rings (SSSR count). The Labute approximate surface area is 115 Å². The Morgan fingerprint density at radius 3 is 2.65 bits per heavy atom. The molecule has 0 amide bonds. The molecule has 0 unspecified atom stereocenters. The van der Waals surface area contributed by atoms with Gasteiger partial charge in [0.25, 0.3) is 0 Å². The third-order valence-corrected chi connectivity index (χ3v) is 3.37. The van der Waals surface area contributed by atoms with Gasteiger partial charge in [-0.25, -0.2) is 4.39 Å². The van der Waals surface area contributed by atoms with Crippen LogP contribution < -0.4 is 10.6 Å². The van der Waals surface area contributed by atoms with Gasteiger partial charge in [-0.1, -0.05) is 0 Å². The van der Waals surface area contributed by atoms with Crippen LogP contribution in [-0.2, 0) is 4.74 Å². The number of hydrogen-bond acceptors (Lipinski definition) is 3. The van der Waals surface area contributed by atoms with E-state index in [-0.39, 0.29) is 11.9 Å². The van der Waals surface area contributed by atoms with Crippen molar-refractivity contribution in [3.63, 3.8) is 0 Å². The summed E-state index contributed by atoms with van der Waals surface area (Å²) in [5.41, 5.74) is 7.28. The maximum absolute atomic E-state index is 13.6. The summed E-state index contributed by atoms with van der Waals surface area (Å²) >= 11 is 1.94. The van der Waals surface area contributed by atoms with Crippen molar-refractivity contribution in [2.24, 2.45) is 0 Å². The molecule has 0 fully saturated rings. The van der Waals surface area contributed by atoms with Crippen molar-refractivity contribution < 1.29 is 9.13 Å². The molecule has 1 aromatic rings. The second kappa shape index (κ2) is 6.39. The first-order chi connectivity index (χ1) is 7.97. The molecule has 17 heavy (non-hydrogen) atoms. The molecular formula is C12H18FIN2O. The van der Waals surface area contributed by atoms with Crippen molar-refractivity contribution in [1.29, 1.82) is 0 Å². The molecule has 0 aliphatic heterocycles. The molecule has 0 radical (unpaired) electrons. The van der Waals surface area contributed by atoms with E-state index in [9.17, 15) is 4.39 Å². The highest BCUT2D eigenvalue weighted by Crippen LogP contribution is 2.28. The van der Waals surface area contributed by atoms with Gasteiger partial charge in [0.2, 0.25) is 0 Å². The average Bonchev–Trinajstić information content (AvgIpc) is 2.25. The summed E-state index contributed by atoms with van der Waals surface area (Å²) in [6.45, 7) is 5.37. The van der Waals surface area contributed by atoms with Gasteiger partial charge < -0.3 is 15.4 Å². The number of nitrogens with two attached hydrogens (primary N) is 1. The molecule has 96 valence electrons. The largest absolute Gasteiger partial charge is 0.397 e. The first kappa shape index (κ1) is 14.5. The van der Waals surface area contributed by atoms with Crippen LogP contribution in [0, 0.1) is 9.39 Å². The molecule has 0 aliphatic carbocycles. The number of anilines is 2. The highest BCUT2D eigenvalue weighted by molar-refractivity contribution is 14.1. The Balaban J connectivity index is 3.05. The lowest BCUT2D eigenvalue weighted by Crippen LogP contribution is -2.34. The Bertz CT molecular complexity index is 385. The summed E-state index contributed by atoms with van der Waals surface area (Å²) in [4.78, 5) is 2.04. The molecule has 0 aromatic heterocycles. The van der Waals surface area contributed by atoms with Gasteiger partial charge in [0.15, 0.2) is 0 Å². The van der Waals surface area contributed by atoms with Gasteiger partial charge in [-0.05, 0) is 42.5 Å². The molecule has 0 aliphatic rings. The third-order valence-electron chi connectivity index (χ3n) is 2.54. The van der Waals surface area contributed by atoms with E-state index in [0.717, 1.165) is 5.69 Å². The second-order valence-electron chi connectivity index (χ2n) is 4.11. The van der Waals surface area contributed by atoms with E-state index in [1.807, 2.05) is 41.3 Å². The molecule has 3 nitrogen and oxygen atoms in total. The van der Waals surface area contributed by atoms with E-state index in [2.05, 4.69) is 0 Å². The van der Waals surface area contributed by atoms with E-state index in [1.54, 1.807) is 13.2 Å². The van der Waals surface area contributed by atoms with E-state index in [1.165, 1.54) is 6.07 Å². The van der Waals surface area contributed by atoms with Crippen molar-refractivity contribution in [1.82, 2.24) is 0 Å². The highest BCUT2D eigenvalue weighted by atomic mass is 127. The van der Waals surface area contributed by atoms with Gasteiger partial charge in [0, 0.05) is 25.8 Å². The zero-order valence-corrected chi connectivity index (χ0v) is 12.5. The molecule has 0 saturated carbocycles. The molecule has 1 aromatic carbocycles. The number of nitrogens with zero attached hydrogens (tertiary/aromatic N) is 1. The van der Waals surface area contributed by atoms with Gasteiger partial charge in [-0.3, -0.25) is 0 Å². The van der Waals surface area contributed by atoms with Crippen LogP contribution in [-0.4, -0.2) is 26.3 Å². The van der Waals surface area contributed by atoms with Crippen molar-refractivity contribution >= 4 is 34.0 Å². The number of halogens is 2. The second-order valence-corrected chi connectivity index (χ2v) is 5.27. The number of methoxy groups -OCH3 is 1. The van der Waals surface area contributed by atoms with Gasteiger partial charge in [-0.15, -0.1) is 0 Å². The summed E-state index contributed by atoms with van der Waals surface area (Å²) < 4.78 is 19.2. The van der Waals surface area contributed by atoms with Crippen LogP contribution in [0.5, 0.6) is 0 Å². The lowest BCUT2D eigenvalue weighted by atomic mass is 10.2. The Kier molecular flexibility index (Phi) is 5.45. The van der Waals surface area contributed by atoms with E-state index < -0.39 is 0 Å². The molecule has 0 heterocycles. The predicted octanol–water partition coefficient (Wildman–Crippen LogP) is 2.87. The smallest absolute Gasteiger partial charge is 0.138 e. The fraction of sp³-hybridized carbons (Fsp3) is 0.500. The lowest BCUT2D eigenvalue weighted by Gasteiger charge is -2.30. The van der Waals surface area contributed by atoms with Crippen LogP contribution in [0.15, 0.2) is 12.1 Å². The molecule has 0 spiro atoms. The molecule has 5 heteroatoms. The number of benzene rings is 1. The predicted molar refractivity (Wildman–Crippen MR) is 77.9 cm³/mol. The van der Waals surface area contributed by atoms with Gasteiger partial charge in [-0.2, -0.15) is 0 Å². The van der Waals surface area contributed by atoms with Crippen LogP contribution >= 0.6 is 22.6 Å². The normalized spacial score (nSPS) is 10.9. The SMILES string of the molecule is COCCN(c1cc(F)c(I)cc1N)C(C)C. The minimum Gasteiger partial charge on any atom is -0.397 e. The minimum absolute atomic E-state index is 0.238. The molecule has 0 atom stereocenters. The summed E-state index contributed by atoms with van der Waals surface area (Å²) in [5.74, 6) is -0.238. The number of ether oxygens (including phenoxy) is 1. The Morgan fingerprint density at radius 1 is 1.47 bits per heavy atom. The number of hydrogen-bond donors (Lipinski definition) is 1.